The Morgan fingerprint density at radius 2 is 2.08 bits per heavy atom. The van der Waals surface area contributed by atoms with Crippen LogP contribution in [0, 0.1) is 11.6 Å². The Hall–Kier alpha value is -0.640. The summed E-state index contributed by atoms with van der Waals surface area (Å²) in [5.41, 5.74) is 0.892. The van der Waals surface area contributed by atoms with Crippen LogP contribution in [0.4, 0.5) is 14.5 Å². The SMILES string of the molecule is CN(CBr)c1ccc(F)cc1F. The van der Waals surface area contributed by atoms with Gasteiger partial charge in [-0.1, -0.05) is 15.9 Å². The molecule has 0 aliphatic heterocycles. The molecule has 4 heteroatoms. The molecule has 0 N–H and O–H groups in total. The Morgan fingerprint density at radius 1 is 1.42 bits per heavy atom. The van der Waals surface area contributed by atoms with Crippen molar-refractivity contribution in [3.05, 3.63) is 29.8 Å². The zero-order valence-electron chi connectivity index (χ0n) is 6.52. The highest BCUT2D eigenvalue weighted by atomic mass is 79.9. The fourth-order valence-electron chi connectivity index (χ4n) is 0.855. The topological polar surface area (TPSA) is 3.24 Å². The average Bonchev–Trinajstić information content (AvgIpc) is 2.03. The van der Waals surface area contributed by atoms with Crippen LogP contribution in [0.2, 0.25) is 0 Å². The van der Waals surface area contributed by atoms with Crippen LogP contribution in [0.15, 0.2) is 18.2 Å². The molecule has 0 atom stereocenters. The number of benzene rings is 1. The molecule has 0 aromatic heterocycles. The van der Waals surface area contributed by atoms with Gasteiger partial charge >= 0.3 is 0 Å². The summed E-state index contributed by atoms with van der Waals surface area (Å²) in [6.45, 7) is 0. The first kappa shape index (κ1) is 9.45. The summed E-state index contributed by atoms with van der Waals surface area (Å²) in [6.07, 6.45) is 0. The number of hydrogen-bond acceptors (Lipinski definition) is 1. The molecule has 1 aromatic carbocycles. The van der Waals surface area contributed by atoms with Crippen molar-refractivity contribution in [1.29, 1.82) is 0 Å². The van der Waals surface area contributed by atoms with Crippen molar-refractivity contribution in [2.45, 2.75) is 0 Å². The molecule has 12 heavy (non-hydrogen) atoms. The number of halogens is 3. The monoisotopic (exact) mass is 235 g/mol. The van der Waals surface area contributed by atoms with Crippen molar-refractivity contribution in [1.82, 2.24) is 0 Å². The highest BCUT2D eigenvalue weighted by molar-refractivity contribution is 9.09. The Morgan fingerprint density at radius 3 is 2.58 bits per heavy atom. The summed E-state index contributed by atoms with van der Waals surface area (Å²) < 4.78 is 25.4. The lowest BCUT2D eigenvalue weighted by molar-refractivity contribution is 0.582. The van der Waals surface area contributed by atoms with Gasteiger partial charge < -0.3 is 4.90 Å². The zero-order chi connectivity index (χ0) is 9.14. The lowest BCUT2D eigenvalue weighted by Gasteiger charge is -2.15. The molecule has 0 bridgehead atoms. The molecule has 1 aromatic rings. The third-order valence-corrected chi connectivity index (χ3v) is 2.25. The van der Waals surface area contributed by atoms with Crippen LogP contribution < -0.4 is 4.90 Å². The first-order chi connectivity index (χ1) is 5.65. The number of nitrogens with zero attached hydrogens (tertiary/aromatic N) is 1. The molecule has 0 saturated heterocycles. The summed E-state index contributed by atoms with van der Waals surface area (Å²) in [4.78, 5) is 1.63. The smallest absolute Gasteiger partial charge is 0.149 e. The second-order valence-corrected chi connectivity index (χ2v) is 2.91. The van der Waals surface area contributed by atoms with E-state index in [1.165, 1.54) is 12.1 Å². The molecule has 1 nitrogen and oxygen atoms in total. The van der Waals surface area contributed by atoms with Gasteiger partial charge in [0.2, 0.25) is 0 Å². The second kappa shape index (κ2) is 3.85. The van der Waals surface area contributed by atoms with Crippen molar-refractivity contribution < 1.29 is 8.78 Å². The molecule has 0 saturated carbocycles. The van der Waals surface area contributed by atoms with Gasteiger partial charge in [0.15, 0.2) is 0 Å². The first-order valence-electron chi connectivity index (χ1n) is 3.37. The second-order valence-electron chi connectivity index (χ2n) is 2.41. The molecule has 0 amide bonds. The van der Waals surface area contributed by atoms with Crippen LogP contribution in [-0.4, -0.2) is 12.5 Å². The zero-order valence-corrected chi connectivity index (χ0v) is 8.11. The van der Waals surface area contributed by atoms with E-state index in [2.05, 4.69) is 15.9 Å². The van der Waals surface area contributed by atoms with E-state index in [1.54, 1.807) is 11.9 Å². The normalized spacial score (nSPS) is 10.0. The molecule has 0 aliphatic rings. The van der Waals surface area contributed by atoms with Crippen molar-refractivity contribution in [3.8, 4) is 0 Å². The lowest BCUT2D eigenvalue weighted by Crippen LogP contribution is -2.15. The summed E-state index contributed by atoms with van der Waals surface area (Å²) in [6, 6.07) is 3.51. The first-order valence-corrected chi connectivity index (χ1v) is 4.49. The maximum atomic E-state index is 13.0. The van der Waals surface area contributed by atoms with Gasteiger partial charge in [-0.15, -0.1) is 0 Å². The molecule has 66 valence electrons. The Kier molecular flexibility index (Phi) is 3.03. The van der Waals surface area contributed by atoms with Gasteiger partial charge in [-0.05, 0) is 12.1 Å². The fraction of sp³-hybridized carbons (Fsp3) is 0.250. The molecule has 0 spiro atoms. The van der Waals surface area contributed by atoms with Gasteiger partial charge in [-0.25, -0.2) is 8.78 Å². The van der Waals surface area contributed by atoms with Crippen LogP contribution in [0.25, 0.3) is 0 Å². The summed E-state index contributed by atoms with van der Waals surface area (Å²) in [7, 11) is 1.71. The third-order valence-electron chi connectivity index (χ3n) is 1.50. The molecule has 0 aliphatic carbocycles. The molecule has 0 fully saturated rings. The molecular formula is C8H8BrF2N. The number of hydrogen-bond donors (Lipinski definition) is 0. The van der Waals surface area contributed by atoms with Gasteiger partial charge in [-0.2, -0.15) is 0 Å². The Labute approximate surface area is 78.1 Å². The minimum Gasteiger partial charge on any atom is -0.362 e. The minimum atomic E-state index is -0.556. The van der Waals surface area contributed by atoms with E-state index in [9.17, 15) is 8.78 Å². The van der Waals surface area contributed by atoms with E-state index < -0.39 is 11.6 Å². The molecule has 0 radical (unpaired) electrons. The van der Waals surface area contributed by atoms with E-state index in [4.69, 9.17) is 0 Å². The van der Waals surface area contributed by atoms with Gasteiger partial charge in [0.1, 0.15) is 11.6 Å². The number of anilines is 1. The Bertz CT molecular complexity index is 278. The molecule has 1 rings (SSSR count). The van der Waals surface area contributed by atoms with E-state index >= 15 is 0 Å². The van der Waals surface area contributed by atoms with Crippen molar-refractivity contribution in [3.63, 3.8) is 0 Å². The van der Waals surface area contributed by atoms with E-state index in [-0.39, 0.29) is 0 Å². The molecule has 0 heterocycles. The van der Waals surface area contributed by atoms with E-state index in [0.29, 0.717) is 11.1 Å². The number of alkyl halides is 1. The molecular weight excluding hydrogens is 228 g/mol. The van der Waals surface area contributed by atoms with Crippen LogP contribution in [-0.2, 0) is 0 Å². The predicted octanol–water partition coefficient (Wildman–Crippen LogP) is 2.75. The average molecular weight is 236 g/mol. The van der Waals surface area contributed by atoms with E-state index in [1.807, 2.05) is 0 Å². The van der Waals surface area contributed by atoms with Gasteiger partial charge in [0.25, 0.3) is 0 Å². The maximum Gasteiger partial charge on any atom is 0.149 e. The summed E-state index contributed by atoms with van der Waals surface area (Å²) in [5, 5.41) is 0. The maximum absolute atomic E-state index is 13.0. The minimum absolute atomic E-state index is 0.383. The van der Waals surface area contributed by atoms with Crippen LogP contribution >= 0.6 is 15.9 Å². The van der Waals surface area contributed by atoms with Gasteiger partial charge in [-0.3, -0.25) is 0 Å². The summed E-state index contributed by atoms with van der Waals surface area (Å²) in [5.74, 6) is -1.10. The standard InChI is InChI=1S/C8H8BrF2N/c1-12(5-9)8-3-2-6(10)4-7(8)11/h2-4H,5H2,1H3. The third kappa shape index (κ3) is 1.94. The number of rotatable bonds is 2. The van der Waals surface area contributed by atoms with Gasteiger partial charge in [0.05, 0.1) is 11.1 Å². The van der Waals surface area contributed by atoms with Crippen molar-refractivity contribution >= 4 is 21.6 Å². The van der Waals surface area contributed by atoms with Crippen molar-refractivity contribution in [2.75, 3.05) is 17.4 Å². The van der Waals surface area contributed by atoms with Crippen LogP contribution in [0.1, 0.15) is 0 Å². The van der Waals surface area contributed by atoms with Gasteiger partial charge in [0, 0.05) is 13.1 Å². The van der Waals surface area contributed by atoms with Crippen molar-refractivity contribution in [2.24, 2.45) is 0 Å². The predicted molar refractivity (Wildman–Crippen MR) is 48.6 cm³/mol. The molecule has 0 unspecified atom stereocenters. The lowest BCUT2D eigenvalue weighted by atomic mass is 10.3. The highest BCUT2D eigenvalue weighted by Gasteiger charge is 2.06. The van der Waals surface area contributed by atoms with Crippen LogP contribution in [0.3, 0.4) is 0 Å². The fourth-order valence-corrected chi connectivity index (χ4v) is 1.13. The highest BCUT2D eigenvalue weighted by Crippen LogP contribution is 2.18. The van der Waals surface area contributed by atoms with E-state index in [0.717, 1.165) is 6.07 Å². The largest absolute Gasteiger partial charge is 0.362 e. The summed E-state index contributed by atoms with van der Waals surface area (Å²) >= 11 is 3.17. The quantitative estimate of drug-likeness (QED) is 0.563. The Balaban J connectivity index is 3.01. The van der Waals surface area contributed by atoms with Crippen LogP contribution in [0.5, 0.6) is 0 Å².